The van der Waals surface area contributed by atoms with Crippen molar-refractivity contribution >= 4 is 11.9 Å². The molecule has 0 aliphatic rings. The van der Waals surface area contributed by atoms with E-state index in [-0.39, 0.29) is 32.5 Å². The molecular formula is C13H21F3O5. The zero-order valence-electron chi connectivity index (χ0n) is 12.2. The molecule has 5 nitrogen and oxygen atoms in total. The number of aliphatic carboxylic acids is 1. The summed E-state index contributed by atoms with van der Waals surface area (Å²) in [5.41, 5.74) is -1.72. The number of halogens is 3. The first-order chi connectivity index (χ1) is 9.69. The molecule has 1 N–H and O–H groups in total. The van der Waals surface area contributed by atoms with E-state index in [1.54, 1.807) is 13.8 Å². The largest absolute Gasteiger partial charge is 0.480 e. The zero-order valence-corrected chi connectivity index (χ0v) is 12.2. The molecule has 0 aromatic heterocycles. The molecule has 1 atom stereocenters. The van der Waals surface area contributed by atoms with Crippen molar-refractivity contribution in [2.75, 3.05) is 19.8 Å². The molecule has 0 aliphatic heterocycles. The van der Waals surface area contributed by atoms with E-state index in [4.69, 9.17) is 4.74 Å². The number of alkyl halides is 3. The SMILES string of the molecule is CCCC(CCCOCC(F)(F)F)(C(=O)O)C(=O)OCC. The van der Waals surface area contributed by atoms with Gasteiger partial charge in [0.25, 0.3) is 0 Å². The third-order valence-electron chi connectivity index (χ3n) is 2.91. The average molecular weight is 314 g/mol. The fourth-order valence-corrected chi connectivity index (χ4v) is 1.99. The minimum absolute atomic E-state index is 0.0290. The van der Waals surface area contributed by atoms with Crippen LogP contribution in [0, 0.1) is 5.41 Å². The Labute approximate surface area is 121 Å². The van der Waals surface area contributed by atoms with Gasteiger partial charge in [-0.1, -0.05) is 13.3 Å². The van der Waals surface area contributed by atoms with Crippen LogP contribution in [0.2, 0.25) is 0 Å². The van der Waals surface area contributed by atoms with Crippen molar-refractivity contribution in [2.24, 2.45) is 5.41 Å². The lowest BCUT2D eigenvalue weighted by atomic mass is 9.79. The van der Waals surface area contributed by atoms with E-state index >= 15 is 0 Å². The second kappa shape index (κ2) is 8.86. The molecule has 1 unspecified atom stereocenters. The van der Waals surface area contributed by atoms with Crippen LogP contribution in [-0.2, 0) is 19.1 Å². The van der Waals surface area contributed by atoms with Gasteiger partial charge in [0, 0.05) is 6.61 Å². The highest BCUT2D eigenvalue weighted by molar-refractivity contribution is 5.99. The van der Waals surface area contributed by atoms with Crippen molar-refractivity contribution < 1.29 is 37.3 Å². The third-order valence-corrected chi connectivity index (χ3v) is 2.91. The van der Waals surface area contributed by atoms with Crippen molar-refractivity contribution in [3.63, 3.8) is 0 Å². The normalized spacial score (nSPS) is 14.5. The Bertz CT molecular complexity index is 343. The van der Waals surface area contributed by atoms with E-state index in [1.807, 2.05) is 0 Å². The third kappa shape index (κ3) is 6.79. The number of esters is 1. The topological polar surface area (TPSA) is 72.8 Å². The minimum Gasteiger partial charge on any atom is -0.480 e. The average Bonchev–Trinajstić information content (AvgIpc) is 2.35. The summed E-state index contributed by atoms with van der Waals surface area (Å²) in [6, 6.07) is 0. The number of carboxylic acids is 1. The molecule has 21 heavy (non-hydrogen) atoms. The van der Waals surface area contributed by atoms with Crippen LogP contribution in [0.1, 0.15) is 39.5 Å². The predicted octanol–water partition coefficient (Wildman–Crippen LogP) is 2.78. The summed E-state index contributed by atoms with van der Waals surface area (Å²) in [5.74, 6) is -2.17. The number of hydrogen-bond acceptors (Lipinski definition) is 4. The van der Waals surface area contributed by atoms with Crippen LogP contribution >= 0.6 is 0 Å². The molecule has 0 amide bonds. The molecule has 0 saturated heterocycles. The molecule has 0 aromatic carbocycles. The van der Waals surface area contributed by atoms with Crippen LogP contribution < -0.4 is 0 Å². The fraction of sp³-hybridized carbons (Fsp3) is 0.846. The molecule has 0 aromatic rings. The first-order valence-electron chi connectivity index (χ1n) is 6.74. The van der Waals surface area contributed by atoms with E-state index < -0.39 is 30.1 Å². The predicted molar refractivity (Wildman–Crippen MR) is 67.7 cm³/mol. The maximum absolute atomic E-state index is 11.9. The molecule has 0 fully saturated rings. The highest BCUT2D eigenvalue weighted by Gasteiger charge is 2.46. The second-order valence-corrected chi connectivity index (χ2v) is 4.63. The lowest BCUT2D eigenvalue weighted by Crippen LogP contribution is -2.41. The first-order valence-corrected chi connectivity index (χ1v) is 6.74. The van der Waals surface area contributed by atoms with Crippen LogP contribution in [0.4, 0.5) is 13.2 Å². The van der Waals surface area contributed by atoms with Gasteiger partial charge in [0.1, 0.15) is 6.61 Å². The van der Waals surface area contributed by atoms with Crippen LogP contribution in [0.3, 0.4) is 0 Å². The van der Waals surface area contributed by atoms with Crippen molar-refractivity contribution in [1.29, 1.82) is 0 Å². The monoisotopic (exact) mass is 314 g/mol. The summed E-state index contributed by atoms with van der Waals surface area (Å²) in [6.45, 7) is 1.67. The number of carbonyl (C=O) groups excluding carboxylic acids is 1. The molecule has 0 spiro atoms. The quantitative estimate of drug-likeness (QED) is 0.381. The molecule has 124 valence electrons. The Kier molecular flexibility index (Phi) is 8.31. The molecule has 0 radical (unpaired) electrons. The lowest BCUT2D eigenvalue weighted by Gasteiger charge is -2.26. The number of rotatable bonds is 10. The van der Waals surface area contributed by atoms with Gasteiger partial charge in [-0.15, -0.1) is 0 Å². The second-order valence-electron chi connectivity index (χ2n) is 4.63. The van der Waals surface area contributed by atoms with Gasteiger partial charge in [-0.25, -0.2) is 0 Å². The van der Waals surface area contributed by atoms with Crippen LogP contribution in [0.25, 0.3) is 0 Å². The molecular weight excluding hydrogens is 293 g/mol. The highest BCUT2D eigenvalue weighted by atomic mass is 19.4. The Morgan fingerprint density at radius 1 is 1.14 bits per heavy atom. The van der Waals surface area contributed by atoms with Gasteiger partial charge in [0.05, 0.1) is 6.61 Å². The number of carboxylic acid groups (broad SMARTS) is 1. The first kappa shape index (κ1) is 19.7. The lowest BCUT2D eigenvalue weighted by molar-refractivity contribution is -0.177. The Hall–Kier alpha value is -1.31. The molecule has 0 aliphatic carbocycles. The van der Waals surface area contributed by atoms with E-state index in [1.165, 1.54) is 0 Å². The summed E-state index contributed by atoms with van der Waals surface area (Å²) >= 11 is 0. The summed E-state index contributed by atoms with van der Waals surface area (Å²) < 4.78 is 44.9. The van der Waals surface area contributed by atoms with E-state index in [9.17, 15) is 27.9 Å². The number of ether oxygens (including phenoxy) is 2. The fourth-order valence-electron chi connectivity index (χ4n) is 1.99. The van der Waals surface area contributed by atoms with Crippen molar-refractivity contribution in [3.05, 3.63) is 0 Å². The smallest absolute Gasteiger partial charge is 0.411 e. The van der Waals surface area contributed by atoms with Crippen molar-refractivity contribution in [3.8, 4) is 0 Å². The van der Waals surface area contributed by atoms with Crippen LogP contribution in [-0.4, -0.2) is 43.0 Å². The van der Waals surface area contributed by atoms with E-state index in [0.717, 1.165) is 0 Å². The highest BCUT2D eigenvalue weighted by Crippen LogP contribution is 2.32. The Balaban J connectivity index is 4.61. The molecule has 0 rings (SSSR count). The van der Waals surface area contributed by atoms with Gasteiger partial charge in [-0.05, 0) is 26.2 Å². The van der Waals surface area contributed by atoms with Crippen molar-refractivity contribution in [2.45, 2.75) is 45.7 Å². The van der Waals surface area contributed by atoms with Gasteiger partial charge in [0.15, 0.2) is 5.41 Å². The van der Waals surface area contributed by atoms with E-state index in [2.05, 4.69) is 4.74 Å². The van der Waals surface area contributed by atoms with Gasteiger partial charge < -0.3 is 14.6 Å². The van der Waals surface area contributed by atoms with Crippen LogP contribution in [0.5, 0.6) is 0 Å². The van der Waals surface area contributed by atoms with Gasteiger partial charge in [-0.3, -0.25) is 9.59 Å². The standard InChI is InChI=1S/C13H21F3O5/c1-3-6-12(10(17)18,11(19)21-4-2)7-5-8-20-9-13(14,15)16/h3-9H2,1-2H3,(H,17,18). The maximum atomic E-state index is 11.9. The molecule has 0 saturated carbocycles. The Morgan fingerprint density at radius 2 is 1.76 bits per heavy atom. The summed E-state index contributed by atoms with van der Waals surface area (Å²) in [6.07, 6.45) is -4.00. The molecule has 8 heteroatoms. The number of hydrogen-bond donors (Lipinski definition) is 1. The van der Waals surface area contributed by atoms with Gasteiger partial charge in [-0.2, -0.15) is 13.2 Å². The van der Waals surface area contributed by atoms with Gasteiger partial charge >= 0.3 is 18.1 Å². The number of carbonyl (C=O) groups is 2. The van der Waals surface area contributed by atoms with E-state index in [0.29, 0.717) is 6.42 Å². The Morgan fingerprint density at radius 3 is 2.19 bits per heavy atom. The van der Waals surface area contributed by atoms with Gasteiger partial charge in [0.2, 0.25) is 0 Å². The zero-order chi connectivity index (χ0) is 16.5. The van der Waals surface area contributed by atoms with Crippen LogP contribution in [0.15, 0.2) is 0 Å². The summed E-state index contributed by atoms with van der Waals surface area (Å²) in [4.78, 5) is 23.3. The molecule has 0 bridgehead atoms. The summed E-state index contributed by atoms with van der Waals surface area (Å²) in [5, 5.41) is 9.32. The maximum Gasteiger partial charge on any atom is 0.411 e. The summed E-state index contributed by atoms with van der Waals surface area (Å²) in [7, 11) is 0. The van der Waals surface area contributed by atoms with Crippen molar-refractivity contribution in [1.82, 2.24) is 0 Å². The molecule has 0 heterocycles. The minimum atomic E-state index is -4.42.